The normalized spacial score (nSPS) is 10.1. The second kappa shape index (κ2) is 5.07. The van der Waals surface area contributed by atoms with Crippen LogP contribution in [0.2, 0.25) is 0 Å². The average molecular weight is 187 g/mol. The van der Waals surface area contributed by atoms with Gasteiger partial charge in [-0.1, -0.05) is 33.2 Å². The van der Waals surface area contributed by atoms with Crippen LogP contribution in [0.25, 0.3) is 0 Å². The van der Waals surface area contributed by atoms with Crippen molar-refractivity contribution < 1.29 is 0 Å². The zero-order chi connectivity index (χ0) is 11.4. The molecule has 0 aromatic rings. The topological polar surface area (TPSA) is 0 Å². The molecule has 0 atom stereocenters. The predicted molar refractivity (Wildman–Crippen MR) is 66.4 cm³/mol. The summed E-state index contributed by atoms with van der Waals surface area (Å²) in [5, 5.41) is 0. The molecule has 0 amide bonds. The van der Waals surface area contributed by atoms with Crippen LogP contribution in [0.4, 0.5) is 0 Å². The van der Waals surface area contributed by atoms with Crippen LogP contribution in [-0.2, 0) is 0 Å². The molecule has 0 aromatic heterocycles. The Morgan fingerprint density at radius 2 is 1.71 bits per heavy atom. The molecule has 14 heavy (non-hydrogen) atoms. The lowest BCUT2D eigenvalue weighted by atomic mass is 9.62. The summed E-state index contributed by atoms with van der Waals surface area (Å²) in [5.41, 5.74) is 6.50. The molecule has 0 unspecified atom stereocenters. The van der Waals surface area contributed by atoms with Crippen molar-refractivity contribution in [1.29, 1.82) is 0 Å². The van der Waals surface area contributed by atoms with E-state index >= 15 is 0 Å². The molecule has 0 fully saturated rings. The molecule has 0 rings (SSSR count). The first kappa shape index (κ1) is 13.1. The first-order valence-corrected chi connectivity index (χ1v) is 4.86. The number of rotatable bonds is 3. The highest BCUT2D eigenvalue weighted by Gasteiger charge is 2.04. The van der Waals surface area contributed by atoms with Gasteiger partial charge in [-0.15, -0.1) is 24.4 Å². The summed E-state index contributed by atoms with van der Waals surface area (Å²) in [4.78, 5) is 0. The summed E-state index contributed by atoms with van der Waals surface area (Å²) in [5.74, 6) is 0. The van der Waals surface area contributed by atoms with Gasteiger partial charge in [0.05, 0.1) is 0 Å². The average Bonchev–Trinajstić information content (AvgIpc) is 1.97. The Morgan fingerprint density at radius 1 is 1.21 bits per heavy atom. The van der Waals surface area contributed by atoms with E-state index in [1.807, 2.05) is 21.1 Å². The van der Waals surface area contributed by atoms with Crippen molar-refractivity contribution in [3.8, 4) is 0 Å². The van der Waals surface area contributed by atoms with Gasteiger partial charge in [-0.25, -0.2) is 0 Å². The first-order chi connectivity index (χ1) is 6.22. The highest BCUT2D eigenvalue weighted by atomic mass is 14.1. The van der Waals surface area contributed by atoms with Gasteiger partial charge in [0.25, 0.3) is 0 Å². The van der Waals surface area contributed by atoms with Crippen LogP contribution in [0.5, 0.6) is 0 Å². The van der Waals surface area contributed by atoms with E-state index in [1.165, 1.54) is 0 Å². The smallest absolute Gasteiger partial charge is 0.122 e. The van der Waals surface area contributed by atoms with Crippen LogP contribution < -0.4 is 0 Å². The summed E-state index contributed by atoms with van der Waals surface area (Å²) < 4.78 is 0. The second-order valence-electron chi connectivity index (χ2n) is 4.80. The van der Waals surface area contributed by atoms with Crippen molar-refractivity contribution in [1.82, 2.24) is 0 Å². The Labute approximate surface area is 89.3 Å². The Bertz CT molecular complexity index is 294. The van der Waals surface area contributed by atoms with E-state index in [1.54, 1.807) is 0 Å². The molecule has 0 aliphatic rings. The maximum atomic E-state index is 3.96. The highest BCUT2D eigenvalue weighted by Crippen LogP contribution is 2.15. The summed E-state index contributed by atoms with van der Waals surface area (Å²) >= 11 is 0. The van der Waals surface area contributed by atoms with E-state index in [9.17, 15) is 0 Å². The van der Waals surface area contributed by atoms with Crippen molar-refractivity contribution >= 4 is 7.28 Å². The van der Waals surface area contributed by atoms with Crippen molar-refractivity contribution in [3.05, 3.63) is 41.5 Å². The maximum absolute atomic E-state index is 3.96. The van der Waals surface area contributed by atoms with Gasteiger partial charge in [0.1, 0.15) is 0 Å². The van der Waals surface area contributed by atoms with Crippen LogP contribution in [0.3, 0.4) is 0 Å². The minimum Gasteiger partial charge on any atom is -0.122 e. The van der Waals surface area contributed by atoms with Crippen LogP contribution in [0, 0.1) is 5.41 Å². The van der Waals surface area contributed by atoms with Crippen molar-refractivity contribution in [2.24, 2.45) is 5.41 Å². The Hall–Kier alpha value is -0.935. The summed E-state index contributed by atoms with van der Waals surface area (Å²) in [6.45, 7) is 18.2. The van der Waals surface area contributed by atoms with Gasteiger partial charge in [-0.2, -0.15) is 0 Å². The summed E-state index contributed by atoms with van der Waals surface area (Å²) in [6.07, 6.45) is 2.07. The molecule has 0 saturated carbocycles. The number of hydrogen-bond acceptors (Lipinski definition) is 0. The van der Waals surface area contributed by atoms with E-state index < -0.39 is 0 Å². The van der Waals surface area contributed by atoms with Crippen LogP contribution in [0.1, 0.15) is 34.6 Å². The lowest BCUT2D eigenvalue weighted by Gasteiger charge is -2.09. The fraction of sp³-hybridized carbons (Fsp3) is 0.462. The minimum atomic E-state index is 0.171. The van der Waals surface area contributed by atoms with Gasteiger partial charge in [-0.3, -0.25) is 0 Å². The largest absolute Gasteiger partial charge is 0.185 e. The van der Waals surface area contributed by atoms with Crippen LogP contribution in [-0.4, -0.2) is 7.28 Å². The SMILES string of the molecule is C=C(C)[B]C(=C)C(C)=C=CC(C)(C)C. The van der Waals surface area contributed by atoms with Gasteiger partial charge >= 0.3 is 0 Å². The highest BCUT2D eigenvalue weighted by molar-refractivity contribution is 6.54. The molecule has 0 saturated heterocycles. The Kier molecular flexibility index (Phi) is 4.73. The summed E-state index contributed by atoms with van der Waals surface area (Å²) in [6, 6.07) is 0. The lowest BCUT2D eigenvalue weighted by Crippen LogP contribution is -1.99. The monoisotopic (exact) mass is 187 g/mol. The van der Waals surface area contributed by atoms with Gasteiger partial charge in [0.2, 0.25) is 0 Å². The van der Waals surface area contributed by atoms with Crippen LogP contribution in [0.15, 0.2) is 41.5 Å². The maximum Gasteiger partial charge on any atom is 0.185 e. The fourth-order valence-electron chi connectivity index (χ4n) is 0.823. The van der Waals surface area contributed by atoms with Gasteiger partial charge in [0.15, 0.2) is 7.28 Å². The van der Waals surface area contributed by atoms with E-state index in [4.69, 9.17) is 0 Å². The molecule has 0 aliphatic carbocycles. The van der Waals surface area contributed by atoms with E-state index in [-0.39, 0.29) is 5.41 Å². The third kappa shape index (κ3) is 6.57. The molecule has 0 aromatic carbocycles. The van der Waals surface area contributed by atoms with Gasteiger partial charge in [-0.05, 0) is 24.0 Å². The predicted octanol–water partition coefficient (Wildman–Crippen LogP) is 3.89. The molecule has 0 bridgehead atoms. The van der Waals surface area contributed by atoms with Gasteiger partial charge in [0, 0.05) is 0 Å². The molecular formula is C13H20B. The molecular weight excluding hydrogens is 167 g/mol. The molecule has 1 radical (unpaired) electrons. The zero-order valence-electron chi connectivity index (χ0n) is 10.1. The number of hydrogen-bond donors (Lipinski definition) is 0. The third-order valence-corrected chi connectivity index (χ3v) is 1.62. The Balaban J connectivity index is 4.62. The Morgan fingerprint density at radius 3 is 2.07 bits per heavy atom. The van der Waals surface area contributed by atoms with Crippen molar-refractivity contribution in [3.63, 3.8) is 0 Å². The van der Waals surface area contributed by atoms with Crippen molar-refractivity contribution in [2.45, 2.75) is 34.6 Å². The number of allylic oxidation sites excluding steroid dienone is 3. The van der Waals surface area contributed by atoms with Gasteiger partial charge < -0.3 is 0 Å². The van der Waals surface area contributed by atoms with E-state index in [0.29, 0.717) is 0 Å². The van der Waals surface area contributed by atoms with E-state index in [2.05, 4.69) is 45.7 Å². The molecule has 0 heterocycles. The van der Waals surface area contributed by atoms with E-state index in [0.717, 1.165) is 16.5 Å². The fourth-order valence-corrected chi connectivity index (χ4v) is 0.823. The molecule has 75 valence electrons. The zero-order valence-corrected chi connectivity index (χ0v) is 10.1. The minimum absolute atomic E-state index is 0.171. The van der Waals surface area contributed by atoms with Crippen molar-refractivity contribution in [2.75, 3.05) is 0 Å². The lowest BCUT2D eigenvalue weighted by molar-refractivity contribution is 0.545. The molecule has 0 spiro atoms. The molecule has 0 N–H and O–H groups in total. The molecule has 1 heteroatoms. The molecule has 0 nitrogen and oxygen atoms in total. The standard InChI is InChI=1S/C13H20B/c1-10(2)14-12(4)11(3)8-9-13(5,6)7/h9H,1,4H2,2-3,5-7H3. The quantitative estimate of drug-likeness (QED) is 0.357. The van der Waals surface area contributed by atoms with Crippen LogP contribution >= 0.6 is 0 Å². The third-order valence-electron chi connectivity index (χ3n) is 1.62. The summed E-state index contributed by atoms with van der Waals surface area (Å²) in [7, 11) is 1.97. The first-order valence-electron chi connectivity index (χ1n) is 4.86. The second-order valence-corrected chi connectivity index (χ2v) is 4.80. The molecule has 0 aliphatic heterocycles.